The summed E-state index contributed by atoms with van der Waals surface area (Å²) in [7, 11) is 0. The third-order valence-electron chi connectivity index (χ3n) is 3.69. The SMILES string of the molecule is CC(C)(C)C(=O)Nc1ccc(CN2OCC(C)(C)C2=O)c(Br)c1. The van der Waals surface area contributed by atoms with Crippen LogP contribution in [0.5, 0.6) is 0 Å². The molecule has 126 valence electrons. The number of hydrogen-bond acceptors (Lipinski definition) is 3. The molecule has 0 atom stereocenters. The molecule has 1 fully saturated rings. The van der Waals surface area contributed by atoms with E-state index in [0.29, 0.717) is 13.2 Å². The Morgan fingerprint density at radius 2 is 2.04 bits per heavy atom. The Morgan fingerprint density at radius 1 is 1.39 bits per heavy atom. The van der Waals surface area contributed by atoms with Crippen molar-refractivity contribution in [2.45, 2.75) is 41.2 Å². The van der Waals surface area contributed by atoms with Gasteiger partial charge in [-0.15, -0.1) is 0 Å². The highest BCUT2D eigenvalue weighted by atomic mass is 79.9. The van der Waals surface area contributed by atoms with Gasteiger partial charge in [0.25, 0.3) is 5.91 Å². The fourth-order valence-electron chi connectivity index (χ4n) is 2.04. The summed E-state index contributed by atoms with van der Waals surface area (Å²) in [6.07, 6.45) is 0. The monoisotopic (exact) mass is 382 g/mol. The van der Waals surface area contributed by atoms with Gasteiger partial charge >= 0.3 is 0 Å². The first-order chi connectivity index (χ1) is 10.5. The predicted octanol–water partition coefficient (Wildman–Crippen LogP) is 3.73. The third kappa shape index (κ3) is 4.12. The molecule has 1 aliphatic rings. The summed E-state index contributed by atoms with van der Waals surface area (Å²) in [5.41, 5.74) is 0.707. The highest BCUT2D eigenvalue weighted by Crippen LogP contribution is 2.30. The van der Waals surface area contributed by atoms with Gasteiger partial charge in [0, 0.05) is 15.6 Å². The van der Waals surface area contributed by atoms with Crippen molar-refractivity contribution in [3.05, 3.63) is 28.2 Å². The molecular formula is C17H23BrN2O3. The van der Waals surface area contributed by atoms with Crippen molar-refractivity contribution in [3.8, 4) is 0 Å². The summed E-state index contributed by atoms with van der Waals surface area (Å²) < 4.78 is 0.824. The first-order valence-corrected chi connectivity index (χ1v) is 8.35. The molecule has 2 rings (SSSR count). The van der Waals surface area contributed by atoms with E-state index in [2.05, 4.69) is 21.2 Å². The Labute approximate surface area is 145 Å². The van der Waals surface area contributed by atoms with Gasteiger partial charge < -0.3 is 5.32 Å². The number of rotatable bonds is 3. The number of nitrogens with one attached hydrogen (secondary N) is 1. The summed E-state index contributed by atoms with van der Waals surface area (Å²) in [5.74, 6) is -0.0635. The van der Waals surface area contributed by atoms with Crippen LogP contribution in [0.25, 0.3) is 0 Å². The van der Waals surface area contributed by atoms with Gasteiger partial charge in [0.2, 0.25) is 5.91 Å². The van der Waals surface area contributed by atoms with Gasteiger partial charge in [-0.25, -0.2) is 5.06 Å². The molecule has 1 heterocycles. The smallest absolute Gasteiger partial charge is 0.254 e. The molecule has 0 aliphatic carbocycles. The molecule has 1 aliphatic heterocycles. The Hall–Kier alpha value is -1.40. The average Bonchev–Trinajstić information content (AvgIpc) is 2.67. The van der Waals surface area contributed by atoms with E-state index in [-0.39, 0.29) is 11.8 Å². The molecule has 5 nitrogen and oxygen atoms in total. The van der Waals surface area contributed by atoms with E-state index < -0.39 is 10.8 Å². The van der Waals surface area contributed by atoms with Crippen LogP contribution in [-0.2, 0) is 21.0 Å². The molecule has 6 heteroatoms. The van der Waals surface area contributed by atoms with E-state index in [4.69, 9.17) is 4.84 Å². The second-order valence-electron chi connectivity index (χ2n) is 7.51. The lowest BCUT2D eigenvalue weighted by atomic mass is 9.95. The quantitative estimate of drug-likeness (QED) is 0.865. The van der Waals surface area contributed by atoms with Gasteiger partial charge in [-0.3, -0.25) is 14.4 Å². The lowest BCUT2D eigenvalue weighted by Gasteiger charge is -2.19. The number of carbonyl (C=O) groups is 2. The van der Waals surface area contributed by atoms with Crippen LogP contribution in [-0.4, -0.2) is 23.5 Å². The van der Waals surface area contributed by atoms with E-state index in [9.17, 15) is 9.59 Å². The van der Waals surface area contributed by atoms with Crippen molar-refractivity contribution in [1.29, 1.82) is 0 Å². The van der Waals surface area contributed by atoms with Crippen LogP contribution in [0.15, 0.2) is 22.7 Å². The first kappa shape index (κ1) is 17.9. The number of halogens is 1. The molecule has 0 radical (unpaired) electrons. The van der Waals surface area contributed by atoms with E-state index in [1.807, 2.05) is 52.8 Å². The second-order valence-corrected chi connectivity index (χ2v) is 8.36. The lowest BCUT2D eigenvalue weighted by Crippen LogP contribution is -2.30. The van der Waals surface area contributed by atoms with Crippen LogP contribution in [0.2, 0.25) is 0 Å². The van der Waals surface area contributed by atoms with Crippen molar-refractivity contribution in [3.63, 3.8) is 0 Å². The Bertz CT molecular complexity index is 635. The molecule has 23 heavy (non-hydrogen) atoms. The summed E-state index contributed by atoms with van der Waals surface area (Å²) in [6, 6.07) is 5.55. The molecule has 1 aromatic rings. The van der Waals surface area contributed by atoms with Crippen molar-refractivity contribution in [2.75, 3.05) is 11.9 Å². The number of nitrogens with zero attached hydrogens (tertiary/aromatic N) is 1. The fraction of sp³-hybridized carbons (Fsp3) is 0.529. The van der Waals surface area contributed by atoms with Crippen molar-refractivity contribution >= 4 is 33.4 Å². The lowest BCUT2D eigenvalue weighted by molar-refractivity contribution is -0.165. The summed E-state index contributed by atoms with van der Waals surface area (Å²) in [4.78, 5) is 29.7. The molecular weight excluding hydrogens is 360 g/mol. The standard InChI is InChI=1S/C17H23BrN2O3/c1-16(2,3)14(21)19-12-7-6-11(13(18)8-12)9-20-15(22)17(4,5)10-23-20/h6-8H,9-10H2,1-5H3,(H,19,21). The van der Waals surface area contributed by atoms with Crippen molar-refractivity contribution < 1.29 is 14.4 Å². The van der Waals surface area contributed by atoms with Gasteiger partial charge in [-0.1, -0.05) is 42.8 Å². The number of benzene rings is 1. The zero-order valence-corrected chi connectivity index (χ0v) is 15.8. The minimum Gasteiger partial charge on any atom is -0.326 e. The molecule has 2 amide bonds. The van der Waals surface area contributed by atoms with Crippen LogP contribution in [0.4, 0.5) is 5.69 Å². The van der Waals surface area contributed by atoms with Gasteiger partial charge in [0.15, 0.2) is 0 Å². The molecule has 1 saturated heterocycles. The summed E-state index contributed by atoms with van der Waals surface area (Å²) >= 11 is 3.50. The number of hydrogen-bond donors (Lipinski definition) is 1. The molecule has 0 bridgehead atoms. The maximum atomic E-state index is 12.2. The van der Waals surface area contributed by atoms with Gasteiger partial charge in [0.05, 0.1) is 18.6 Å². The summed E-state index contributed by atoms with van der Waals surface area (Å²) in [5, 5.41) is 4.28. The summed E-state index contributed by atoms with van der Waals surface area (Å²) in [6.45, 7) is 10.1. The topological polar surface area (TPSA) is 58.6 Å². The first-order valence-electron chi connectivity index (χ1n) is 7.55. The van der Waals surface area contributed by atoms with E-state index >= 15 is 0 Å². The number of anilines is 1. The highest BCUT2D eigenvalue weighted by Gasteiger charge is 2.40. The van der Waals surface area contributed by atoms with Crippen LogP contribution in [0.1, 0.15) is 40.2 Å². The molecule has 0 spiro atoms. The highest BCUT2D eigenvalue weighted by molar-refractivity contribution is 9.10. The van der Waals surface area contributed by atoms with E-state index in [1.165, 1.54) is 5.06 Å². The predicted molar refractivity (Wildman–Crippen MR) is 92.5 cm³/mol. The van der Waals surface area contributed by atoms with Gasteiger partial charge in [-0.2, -0.15) is 0 Å². The zero-order valence-electron chi connectivity index (χ0n) is 14.2. The van der Waals surface area contributed by atoms with Gasteiger partial charge in [-0.05, 0) is 31.5 Å². The Kier molecular flexibility index (Phi) is 4.87. The maximum Gasteiger partial charge on any atom is 0.254 e. The largest absolute Gasteiger partial charge is 0.326 e. The Morgan fingerprint density at radius 3 is 2.52 bits per heavy atom. The number of carbonyl (C=O) groups excluding carboxylic acids is 2. The van der Waals surface area contributed by atoms with Gasteiger partial charge in [0.1, 0.15) is 0 Å². The van der Waals surface area contributed by atoms with Crippen LogP contribution in [0.3, 0.4) is 0 Å². The Balaban J connectivity index is 2.09. The van der Waals surface area contributed by atoms with Crippen molar-refractivity contribution in [1.82, 2.24) is 5.06 Å². The molecule has 1 N–H and O–H groups in total. The number of amides is 2. The molecule has 0 aromatic heterocycles. The molecule has 1 aromatic carbocycles. The van der Waals surface area contributed by atoms with Crippen LogP contribution < -0.4 is 5.32 Å². The van der Waals surface area contributed by atoms with Crippen LogP contribution >= 0.6 is 15.9 Å². The number of hydroxylamine groups is 2. The minimum absolute atomic E-state index is 0.0190. The van der Waals surface area contributed by atoms with Crippen molar-refractivity contribution in [2.24, 2.45) is 10.8 Å². The zero-order chi connectivity index (χ0) is 17.4. The average molecular weight is 383 g/mol. The second kappa shape index (κ2) is 6.24. The van der Waals surface area contributed by atoms with E-state index in [1.54, 1.807) is 0 Å². The minimum atomic E-state index is -0.479. The normalized spacial score (nSPS) is 17.5. The molecule has 0 saturated carbocycles. The maximum absolute atomic E-state index is 12.2. The molecule has 0 unspecified atom stereocenters. The fourth-order valence-corrected chi connectivity index (χ4v) is 2.55. The third-order valence-corrected chi connectivity index (χ3v) is 4.43. The van der Waals surface area contributed by atoms with Crippen LogP contribution in [0, 0.1) is 10.8 Å². The van der Waals surface area contributed by atoms with E-state index in [0.717, 1.165) is 15.7 Å².